The molecule has 0 saturated heterocycles. The molecule has 1 atom stereocenters. The Kier molecular flexibility index (Phi) is 3.49. The fourth-order valence-corrected chi connectivity index (χ4v) is 1.35. The first-order chi connectivity index (χ1) is 6.60. The van der Waals surface area contributed by atoms with E-state index in [1.54, 1.807) is 12.1 Å². The zero-order valence-electron chi connectivity index (χ0n) is 8.08. The van der Waals surface area contributed by atoms with E-state index in [1.807, 2.05) is 6.92 Å². The summed E-state index contributed by atoms with van der Waals surface area (Å²) in [4.78, 5) is 10.5. The molecular formula is C10H12ClNO2. The van der Waals surface area contributed by atoms with Gasteiger partial charge in [-0.1, -0.05) is 11.6 Å². The molecule has 0 saturated carbocycles. The zero-order valence-corrected chi connectivity index (χ0v) is 8.84. The van der Waals surface area contributed by atoms with Gasteiger partial charge in [0.2, 0.25) is 0 Å². The van der Waals surface area contributed by atoms with Crippen molar-refractivity contribution in [2.75, 3.05) is 7.11 Å². The summed E-state index contributed by atoms with van der Waals surface area (Å²) in [6, 6.07) is 2.73. The van der Waals surface area contributed by atoms with Crippen LogP contribution in [0.2, 0.25) is 5.02 Å². The minimum atomic E-state index is -0.692. The van der Waals surface area contributed by atoms with Crippen LogP contribution in [-0.4, -0.2) is 13.4 Å². The van der Waals surface area contributed by atoms with Crippen LogP contribution in [0.1, 0.15) is 17.2 Å². The third kappa shape index (κ3) is 2.05. The van der Waals surface area contributed by atoms with Gasteiger partial charge in [0.25, 0.3) is 0 Å². The van der Waals surface area contributed by atoms with Crippen LogP contribution in [-0.2, 0) is 4.79 Å². The van der Waals surface area contributed by atoms with Gasteiger partial charge in [-0.2, -0.15) is 0 Å². The van der Waals surface area contributed by atoms with E-state index in [-0.39, 0.29) is 0 Å². The molecule has 0 bridgehead atoms. The lowest BCUT2D eigenvalue weighted by Crippen LogP contribution is -2.12. The van der Waals surface area contributed by atoms with Crippen LogP contribution in [0.25, 0.3) is 0 Å². The van der Waals surface area contributed by atoms with E-state index < -0.39 is 6.04 Å². The minimum absolute atomic E-state index is 0.582. The predicted molar refractivity (Wildman–Crippen MR) is 55.7 cm³/mol. The second-order valence-corrected chi connectivity index (χ2v) is 3.41. The average Bonchev–Trinajstić information content (AvgIpc) is 2.20. The van der Waals surface area contributed by atoms with Gasteiger partial charge in [0.15, 0.2) is 0 Å². The van der Waals surface area contributed by atoms with Crippen LogP contribution in [0.5, 0.6) is 5.75 Å². The lowest BCUT2D eigenvalue weighted by molar-refractivity contribution is -0.109. The van der Waals surface area contributed by atoms with Crippen molar-refractivity contribution in [3.63, 3.8) is 0 Å². The normalized spacial score (nSPS) is 12.3. The maximum absolute atomic E-state index is 10.5. The third-order valence-corrected chi connectivity index (χ3v) is 2.42. The molecule has 0 heterocycles. The summed E-state index contributed by atoms with van der Waals surface area (Å²) >= 11 is 5.92. The molecule has 0 fully saturated rings. The van der Waals surface area contributed by atoms with Crippen molar-refractivity contribution in [2.45, 2.75) is 13.0 Å². The average molecular weight is 214 g/mol. The van der Waals surface area contributed by atoms with Gasteiger partial charge in [0.1, 0.15) is 12.0 Å². The highest BCUT2D eigenvalue weighted by atomic mass is 35.5. The molecule has 0 aliphatic carbocycles. The number of carbonyl (C=O) groups is 1. The molecule has 1 rings (SSSR count). The van der Waals surface area contributed by atoms with E-state index in [2.05, 4.69) is 0 Å². The number of halogens is 1. The summed E-state index contributed by atoms with van der Waals surface area (Å²) in [5.74, 6) is 0.589. The molecular weight excluding hydrogens is 202 g/mol. The highest BCUT2D eigenvalue weighted by molar-refractivity contribution is 6.31. The smallest absolute Gasteiger partial charge is 0.141 e. The lowest BCUT2D eigenvalue weighted by Gasteiger charge is -2.12. The fraction of sp³-hybridized carbons (Fsp3) is 0.300. The second-order valence-electron chi connectivity index (χ2n) is 3.01. The minimum Gasteiger partial charge on any atom is -0.496 e. The zero-order chi connectivity index (χ0) is 10.7. The molecule has 0 aliphatic rings. The molecule has 0 amide bonds. The Hall–Kier alpha value is -1.06. The fourth-order valence-electron chi connectivity index (χ4n) is 1.18. The van der Waals surface area contributed by atoms with Crippen LogP contribution in [0.3, 0.4) is 0 Å². The molecule has 3 nitrogen and oxygen atoms in total. The number of carbonyl (C=O) groups excluding carboxylic acids is 1. The van der Waals surface area contributed by atoms with Gasteiger partial charge in [-0.25, -0.2) is 0 Å². The standard InChI is InChI=1S/C10H12ClNO2/c1-6-3-10(14-2)7(4-8(6)11)9(12)5-13/h3-5,9H,12H2,1-2H3. The van der Waals surface area contributed by atoms with E-state index >= 15 is 0 Å². The highest BCUT2D eigenvalue weighted by Crippen LogP contribution is 2.29. The van der Waals surface area contributed by atoms with Gasteiger partial charge < -0.3 is 15.3 Å². The first-order valence-corrected chi connectivity index (χ1v) is 4.53. The van der Waals surface area contributed by atoms with Gasteiger partial charge in [-0.15, -0.1) is 0 Å². The first kappa shape index (κ1) is 11.0. The highest BCUT2D eigenvalue weighted by Gasteiger charge is 2.12. The van der Waals surface area contributed by atoms with Gasteiger partial charge >= 0.3 is 0 Å². The molecule has 2 N–H and O–H groups in total. The van der Waals surface area contributed by atoms with Gasteiger partial charge in [-0.3, -0.25) is 0 Å². The molecule has 0 aromatic heterocycles. The van der Waals surface area contributed by atoms with Gasteiger partial charge in [0, 0.05) is 10.6 Å². The van der Waals surface area contributed by atoms with E-state index in [9.17, 15) is 4.79 Å². The number of hydrogen-bond donors (Lipinski definition) is 1. The van der Waals surface area contributed by atoms with Crippen LogP contribution < -0.4 is 10.5 Å². The Morgan fingerprint density at radius 2 is 2.21 bits per heavy atom. The summed E-state index contributed by atoms with van der Waals surface area (Å²) in [5.41, 5.74) is 7.09. The van der Waals surface area contributed by atoms with Gasteiger partial charge in [-0.05, 0) is 24.6 Å². The van der Waals surface area contributed by atoms with E-state index in [0.29, 0.717) is 22.6 Å². The van der Waals surface area contributed by atoms with Crippen molar-refractivity contribution in [2.24, 2.45) is 5.73 Å². The van der Waals surface area contributed by atoms with E-state index in [4.69, 9.17) is 22.1 Å². The maximum atomic E-state index is 10.5. The number of nitrogens with two attached hydrogens (primary N) is 1. The number of aldehydes is 1. The molecule has 1 aromatic carbocycles. The van der Waals surface area contributed by atoms with E-state index in [1.165, 1.54) is 7.11 Å². The summed E-state index contributed by atoms with van der Waals surface area (Å²) < 4.78 is 5.11. The van der Waals surface area contributed by atoms with Crippen molar-refractivity contribution in [1.82, 2.24) is 0 Å². The summed E-state index contributed by atoms with van der Waals surface area (Å²) in [7, 11) is 1.53. The molecule has 1 aromatic rings. The number of rotatable bonds is 3. The summed E-state index contributed by atoms with van der Waals surface area (Å²) in [6.45, 7) is 1.86. The first-order valence-electron chi connectivity index (χ1n) is 4.15. The molecule has 1 unspecified atom stereocenters. The number of aryl methyl sites for hydroxylation is 1. The Morgan fingerprint density at radius 1 is 1.57 bits per heavy atom. The van der Waals surface area contributed by atoms with Crippen molar-refractivity contribution in [3.8, 4) is 5.75 Å². The van der Waals surface area contributed by atoms with Crippen LogP contribution in [0.15, 0.2) is 12.1 Å². The monoisotopic (exact) mass is 213 g/mol. The predicted octanol–water partition coefficient (Wildman–Crippen LogP) is 1.86. The van der Waals surface area contributed by atoms with Crippen molar-refractivity contribution in [3.05, 3.63) is 28.3 Å². The van der Waals surface area contributed by atoms with Crippen LogP contribution >= 0.6 is 11.6 Å². The lowest BCUT2D eigenvalue weighted by atomic mass is 10.1. The molecule has 0 radical (unpaired) electrons. The maximum Gasteiger partial charge on any atom is 0.141 e. The van der Waals surface area contributed by atoms with Gasteiger partial charge in [0.05, 0.1) is 13.2 Å². The quantitative estimate of drug-likeness (QED) is 0.780. The van der Waals surface area contributed by atoms with Crippen molar-refractivity contribution in [1.29, 1.82) is 0 Å². The third-order valence-electron chi connectivity index (χ3n) is 2.02. The summed E-state index contributed by atoms with van der Waals surface area (Å²) in [5, 5.41) is 0.582. The molecule has 4 heteroatoms. The Morgan fingerprint density at radius 3 is 2.71 bits per heavy atom. The topological polar surface area (TPSA) is 52.3 Å². The number of methoxy groups -OCH3 is 1. The van der Waals surface area contributed by atoms with Crippen molar-refractivity contribution < 1.29 is 9.53 Å². The van der Waals surface area contributed by atoms with Crippen molar-refractivity contribution >= 4 is 17.9 Å². The molecule has 0 spiro atoms. The Labute approximate surface area is 87.8 Å². The number of ether oxygens (including phenoxy) is 1. The van der Waals surface area contributed by atoms with Crippen LogP contribution in [0, 0.1) is 6.92 Å². The largest absolute Gasteiger partial charge is 0.496 e. The Bertz CT molecular complexity index is 352. The molecule has 76 valence electrons. The molecule has 14 heavy (non-hydrogen) atoms. The number of benzene rings is 1. The number of hydrogen-bond acceptors (Lipinski definition) is 3. The molecule has 0 aliphatic heterocycles. The van der Waals surface area contributed by atoms with E-state index in [0.717, 1.165) is 5.56 Å². The second kappa shape index (κ2) is 4.44. The van der Waals surface area contributed by atoms with Crippen LogP contribution in [0.4, 0.5) is 0 Å². The summed E-state index contributed by atoms with van der Waals surface area (Å²) in [6.07, 6.45) is 0.656. The Balaban J connectivity index is 3.26. The SMILES string of the molecule is COc1cc(C)c(Cl)cc1C(N)C=O.